The number of nitrogens with one attached hydrogen (secondary N) is 1. The van der Waals surface area contributed by atoms with Crippen molar-refractivity contribution in [2.75, 3.05) is 6.54 Å². The van der Waals surface area contributed by atoms with E-state index in [2.05, 4.69) is 55.6 Å². The van der Waals surface area contributed by atoms with Crippen LogP contribution in [0.15, 0.2) is 59.2 Å². The maximum atomic E-state index is 5.72. The minimum Gasteiger partial charge on any atom is -0.464 e. The standard InChI is InChI=1S/C19H21NO/c1-3-12-20-19(15-10-8-14(2)9-11-15)17-13-21-18-7-5-4-6-16(17)18/h4-11,13,19-20H,3,12H2,1-2H3. The number of benzene rings is 2. The van der Waals surface area contributed by atoms with Crippen LogP contribution in [0.2, 0.25) is 0 Å². The molecule has 0 radical (unpaired) electrons. The largest absolute Gasteiger partial charge is 0.464 e. The molecule has 0 fully saturated rings. The zero-order chi connectivity index (χ0) is 14.7. The van der Waals surface area contributed by atoms with Gasteiger partial charge in [-0.1, -0.05) is 55.0 Å². The summed E-state index contributed by atoms with van der Waals surface area (Å²) in [5.41, 5.74) is 4.72. The molecule has 1 heterocycles. The SMILES string of the molecule is CCCNC(c1ccc(C)cc1)c1coc2ccccc12. The van der Waals surface area contributed by atoms with Crippen LogP contribution in [-0.4, -0.2) is 6.54 Å². The molecule has 1 unspecified atom stereocenters. The molecule has 1 aromatic heterocycles. The molecule has 2 aromatic carbocycles. The van der Waals surface area contributed by atoms with Gasteiger partial charge >= 0.3 is 0 Å². The molecule has 0 aliphatic heterocycles. The first-order valence-corrected chi connectivity index (χ1v) is 7.55. The van der Waals surface area contributed by atoms with Gasteiger partial charge in [0.1, 0.15) is 5.58 Å². The molecular formula is C19H21NO. The predicted molar refractivity (Wildman–Crippen MR) is 87.5 cm³/mol. The Kier molecular flexibility index (Phi) is 4.07. The average molecular weight is 279 g/mol. The first-order valence-electron chi connectivity index (χ1n) is 7.55. The molecule has 3 aromatic rings. The molecule has 0 spiro atoms. The van der Waals surface area contributed by atoms with Crippen molar-refractivity contribution in [1.82, 2.24) is 5.32 Å². The zero-order valence-corrected chi connectivity index (χ0v) is 12.6. The molecule has 1 N–H and O–H groups in total. The molecule has 2 nitrogen and oxygen atoms in total. The highest BCUT2D eigenvalue weighted by molar-refractivity contribution is 5.81. The Morgan fingerprint density at radius 2 is 1.81 bits per heavy atom. The lowest BCUT2D eigenvalue weighted by atomic mass is 9.97. The van der Waals surface area contributed by atoms with Crippen molar-refractivity contribution < 1.29 is 4.42 Å². The molecule has 0 aliphatic rings. The highest BCUT2D eigenvalue weighted by atomic mass is 16.3. The van der Waals surface area contributed by atoms with Crippen LogP contribution in [0, 0.1) is 6.92 Å². The fraction of sp³-hybridized carbons (Fsp3) is 0.263. The van der Waals surface area contributed by atoms with Crippen molar-refractivity contribution in [3.63, 3.8) is 0 Å². The fourth-order valence-electron chi connectivity index (χ4n) is 2.68. The van der Waals surface area contributed by atoms with E-state index >= 15 is 0 Å². The van der Waals surface area contributed by atoms with Crippen LogP contribution in [0.3, 0.4) is 0 Å². The van der Waals surface area contributed by atoms with E-state index in [9.17, 15) is 0 Å². The van der Waals surface area contributed by atoms with Crippen molar-refractivity contribution in [2.24, 2.45) is 0 Å². The number of furan rings is 1. The number of aryl methyl sites for hydroxylation is 1. The Balaban J connectivity index is 2.04. The van der Waals surface area contributed by atoms with Crippen LogP contribution in [0.25, 0.3) is 11.0 Å². The molecule has 0 saturated heterocycles. The van der Waals surface area contributed by atoms with E-state index in [1.54, 1.807) is 0 Å². The highest BCUT2D eigenvalue weighted by Gasteiger charge is 2.18. The molecule has 0 bridgehead atoms. The lowest BCUT2D eigenvalue weighted by molar-refractivity contribution is 0.572. The molecule has 0 aliphatic carbocycles. The van der Waals surface area contributed by atoms with E-state index in [-0.39, 0.29) is 6.04 Å². The van der Waals surface area contributed by atoms with Gasteiger partial charge in [-0.15, -0.1) is 0 Å². The summed E-state index contributed by atoms with van der Waals surface area (Å²) in [7, 11) is 0. The van der Waals surface area contributed by atoms with Gasteiger partial charge in [0.2, 0.25) is 0 Å². The van der Waals surface area contributed by atoms with Crippen LogP contribution >= 0.6 is 0 Å². The van der Waals surface area contributed by atoms with Gasteiger partial charge in [0, 0.05) is 10.9 Å². The topological polar surface area (TPSA) is 25.2 Å². The maximum absolute atomic E-state index is 5.72. The summed E-state index contributed by atoms with van der Waals surface area (Å²) in [4.78, 5) is 0. The first kappa shape index (κ1) is 13.9. The third-order valence-electron chi connectivity index (χ3n) is 3.83. The molecule has 3 rings (SSSR count). The van der Waals surface area contributed by atoms with Crippen molar-refractivity contribution in [1.29, 1.82) is 0 Å². The van der Waals surface area contributed by atoms with Gasteiger partial charge in [0.15, 0.2) is 0 Å². The minimum absolute atomic E-state index is 0.175. The normalized spacial score (nSPS) is 12.7. The molecular weight excluding hydrogens is 258 g/mol. The van der Waals surface area contributed by atoms with Crippen LogP contribution in [0.4, 0.5) is 0 Å². The second-order valence-electron chi connectivity index (χ2n) is 5.49. The van der Waals surface area contributed by atoms with E-state index in [0.717, 1.165) is 18.5 Å². The van der Waals surface area contributed by atoms with Gasteiger partial charge in [0.25, 0.3) is 0 Å². The minimum atomic E-state index is 0.175. The van der Waals surface area contributed by atoms with Crippen LogP contribution in [-0.2, 0) is 0 Å². The Hall–Kier alpha value is -2.06. The number of para-hydroxylation sites is 1. The van der Waals surface area contributed by atoms with Gasteiger partial charge in [-0.2, -0.15) is 0 Å². The van der Waals surface area contributed by atoms with Gasteiger partial charge in [-0.3, -0.25) is 0 Å². The molecule has 1 atom stereocenters. The van der Waals surface area contributed by atoms with Crippen LogP contribution in [0.5, 0.6) is 0 Å². The Morgan fingerprint density at radius 3 is 2.57 bits per heavy atom. The van der Waals surface area contributed by atoms with Gasteiger partial charge in [-0.25, -0.2) is 0 Å². The van der Waals surface area contributed by atoms with Crippen LogP contribution in [0.1, 0.15) is 36.1 Å². The molecule has 2 heteroatoms. The summed E-state index contributed by atoms with van der Waals surface area (Å²) in [6.07, 6.45) is 3.00. The van der Waals surface area contributed by atoms with Gasteiger partial charge < -0.3 is 9.73 Å². The predicted octanol–water partition coefficient (Wildman–Crippen LogP) is 4.83. The number of rotatable bonds is 5. The molecule has 0 amide bonds. The van der Waals surface area contributed by atoms with E-state index in [0.29, 0.717) is 0 Å². The van der Waals surface area contributed by atoms with E-state index < -0.39 is 0 Å². The van der Waals surface area contributed by atoms with E-state index in [1.165, 1.54) is 22.1 Å². The molecule has 21 heavy (non-hydrogen) atoms. The summed E-state index contributed by atoms with van der Waals surface area (Å²) >= 11 is 0. The quantitative estimate of drug-likeness (QED) is 0.723. The zero-order valence-electron chi connectivity index (χ0n) is 12.6. The number of fused-ring (bicyclic) bond motifs is 1. The summed E-state index contributed by atoms with van der Waals surface area (Å²) in [6.45, 7) is 5.29. The fourth-order valence-corrected chi connectivity index (χ4v) is 2.68. The second-order valence-corrected chi connectivity index (χ2v) is 5.49. The van der Waals surface area contributed by atoms with Gasteiger partial charge in [0.05, 0.1) is 12.3 Å². The van der Waals surface area contributed by atoms with E-state index in [4.69, 9.17) is 4.42 Å². The van der Waals surface area contributed by atoms with Crippen molar-refractivity contribution in [2.45, 2.75) is 26.3 Å². The van der Waals surface area contributed by atoms with Crippen LogP contribution < -0.4 is 5.32 Å². The Morgan fingerprint density at radius 1 is 1.05 bits per heavy atom. The van der Waals surface area contributed by atoms with Gasteiger partial charge in [-0.05, 0) is 31.5 Å². The summed E-state index contributed by atoms with van der Waals surface area (Å²) in [5.74, 6) is 0. The van der Waals surface area contributed by atoms with Crippen molar-refractivity contribution in [3.05, 3.63) is 71.5 Å². The Bertz CT molecular complexity index is 712. The third-order valence-corrected chi connectivity index (χ3v) is 3.83. The number of hydrogen-bond acceptors (Lipinski definition) is 2. The first-order chi connectivity index (χ1) is 10.3. The number of hydrogen-bond donors (Lipinski definition) is 1. The van der Waals surface area contributed by atoms with E-state index in [1.807, 2.05) is 18.4 Å². The lowest BCUT2D eigenvalue weighted by Crippen LogP contribution is -2.22. The Labute approximate surface area is 125 Å². The lowest BCUT2D eigenvalue weighted by Gasteiger charge is -2.18. The summed E-state index contributed by atoms with van der Waals surface area (Å²) < 4.78 is 5.72. The smallest absolute Gasteiger partial charge is 0.134 e. The second kappa shape index (κ2) is 6.15. The summed E-state index contributed by atoms with van der Waals surface area (Å²) in [6, 6.07) is 17.1. The average Bonchev–Trinajstić information content (AvgIpc) is 2.93. The third kappa shape index (κ3) is 2.86. The van der Waals surface area contributed by atoms with Crippen molar-refractivity contribution in [3.8, 4) is 0 Å². The molecule has 0 saturated carbocycles. The monoisotopic (exact) mass is 279 g/mol. The van der Waals surface area contributed by atoms with Crippen molar-refractivity contribution >= 4 is 11.0 Å². The maximum Gasteiger partial charge on any atom is 0.134 e. The molecule has 108 valence electrons. The summed E-state index contributed by atoms with van der Waals surface area (Å²) in [5, 5.41) is 4.83. The highest BCUT2D eigenvalue weighted by Crippen LogP contribution is 2.30.